The molecule has 1 atom stereocenters. The van der Waals surface area contributed by atoms with Gasteiger partial charge in [-0.1, -0.05) is 18.2 Å². The average Bonchev–Trinajstić information content (AvgIpc) is 2.98. The molecule has 1 aliphatic heterocycles. The van der Waals surface area contributed by atoms with Crippen LogP contribution >= 0.6 is 0 Å². The van der Waals surface area contributed by atoms with Crippen molar-refractivity contribution in [2.45, 2.75) is 12.8 Å². The molecule has 1 unspecified atom stereocenters. The molecule has 0 bridgehead atoms. The Balaban J connectivity index is 1.58. The molecule has 1 fully saturated rings. The van der Waals surface area contributed by atoms with Crippen LogP contribution in [0, 0.1) is 23.4 Å². The normalized spacial score (nSPS) is 16.8. The number of halogens is 3. The molecule has 1 heterocycles. The third kappa shape index (κ3) is 4.04. The number of carbonyl (C=O) groups is 2. The highest BCUT2D eigenvalue weighted by Gasteiger charge is 2.34. The molecule has 1 saturated heterocycles. The highest BCUT2D eigenvalue weighted by molar-refractivity contribution is 5.97. The van der Waals surface area contributed by atoms with Crippen molar-refractivity contribution < 1.29 is 22.8 Å². The number of rotatable bonds is 5. The first-order valence-electron chi connectivity index (χ1n) is 8.21. The van der Waals surface area contributed by atoms with E-state index in [0.717, 1.165) is 12.1 Å². The van der Waals surface area contributed by atoms with Crippen molar-refractivity contribution in [3.05, 3.63) is 65.5 Å². The topological polar surface area (TPSA) is 49.4 Å². The number of nitrogens with one attached hydrogen (secondary N) is 1. The lowest BCUT2D eigenvalue weighted by molar-refractivity contribution is -0.128. The first kappa shape index (κ1) is 18.0. The van der Waals surface area contributed by atoms with Gasteiger partial charge in [-0.25, -0.2) is 13.2 Å². The van der Waals surface area contributed by atoms with Gasteiger partial charge in [0.25, 0.3) is 0 Å². The molecule has 7 heteroatoms. The van der Waals surface area contributed by atoms with E-state index in [0.29, 0.717) is 24.6 Å². The third-order valence-corrected chi connectivity index (χ3v) is 4.38. The highest BCUT2D eigenvalue weighted by Crippen LogP contribution is 2.22. The summed E-state index contributed by atoms with van der Waals surface area (Å²) in [6, 6.07) is 9.17. The lowest BCUT2D eigenvalue weighted by atomic mass is 10.1. The van der Waals surface area contributed by atoms with Crippen LogP contribution in [0.2, 0.25) is 0 Å². The second kappa shape index (κ2) is 7.59. The first-order valence-corrected chi connectivity index (χ1v) is 8.21. The molecule has 0 radical (unpaired) electrons. The van der Waals surface area contributed by atoms with E-state index in [2.05, 4.69) is 5.32 Å². The number of carbonyl (C=O) groups excluding carboxylic acids is 2. The van der Waals surface area contributed by atoms with Crippen LogP contribution in [-0.2, 0) is 16.0 Å². The Kier molecular flexibility index (Phi) is 5.25. The van der Waals surface area contributed by atoms with Crippen molar-refractivity contribution in [3.8, 4) is 0 Å². The average molecular weight is 362 g/mol. The van der Waals surface area contributed by atoms with E-state index < -0.39 is 23.5 Å². The Morgan fingerprint density at radius 2 is 1.88 bits per heavy atom. The lowest BCUT2D eigenvalue weighted by Crippen LogP contribution is -2.30. The van der Waals surface area contributed by atoms with Crippen LogP contribution in [0.15, 0.2) is 42.5 Å². The molecule has 136 valence electrons. The fourth-order valence-electron chi connectivity index (χ4n) is 2.95. The Hall–Kier alpha value is -2.83. The number of amides is 2. The minimum absolute atomic E-state index is 0.00587. The summed E-state index contributed by atoms with van der Waals surface area (Å²) in [7, 11) is 0. The first-order chi connectivity index (χ1) is 12.4. The third-order valence-electron chi connectivity index (χ3n) is 4.38. The van der Waals surface area contributed by atoms with Crippen LogP contribution in [0.3, 0.4) is 0 Å². The molecule has 1 N–H and O–H groups in total. The number of likely N-dealkylation sites (tertiary alicyclic amines) is 1. The summed E-state index contributed by atoms with van der Waals surface area (Å²) < 4.78 is 40.2. The Bertz CT molecular complexity index is 841. The summed E-state index contributed by atoms with van der Waals surface area (Å²) in [4.78, 5) is 25.8. The predicted molar refractivity (Wildman–Crippen MR) is 89.8 cm³/mol. The van der Waals surface area contributed by atoms with Crippen LogP contribution < -0.4 is 5.32 Å². The quantitative estimate of drug-likeness (QED) is 0.888. The van der Waals surface area contributed by atoms with Gasteiger partial charge in [-0.3, -0.25) is 9.59 Å². The second-order valence-corrected chi connectivity index (χ2v) is 6.20. The van der Waals surface area contributed by atoms with Gasteiger partial charge in [0.1, 0.15) is 17.5 Å². The number of hydrogen-bond donors (Lipinski definition) is 1. The van der Waals surface area contributed by atoms with Crippen LogP contribution in [0.1, 0.15) is 12.0 Å². The second-order valence-electron chi connectivity index (χ2n) is 6.20. The zero-order chi connectivity index (χ0) is 18.7. The highest BCUT2D eigenvalue weighted by atomic mass is 19.1. The maximum absolute atomic E-state index is 13.6. The van der Waals surface area contributed by atoms with Gasteiger partial charge in [0.15, 0.2) is 0 Å². The molecule has 0 saturated carbocycles. The molecule has 2 aromatic rings. The molecule has 2 amide bonds. The van der Waals surface area contributed by atoms with Gasteiger partial charge in [-0.05, 0) is 30.2 Å². The zero-order valence-corrected chi connectivity index (χ0v) is 13.8. The van der Waals surface area contributed by atoms with Gasteiger partial charge in [0.2, 0.25) is 11.8 Å². The van der Waals surface area contributed by atoms with Gasteiger partial charge in [-0.15, -0.1) is 0 Å². The Morgan fingerprint density at radius 3 is 2.62 bits per heavy atom. The summed E-state index contributed by atoms with van der Waals surface area (Å²) in [6.07, 6.45) is 0.352. The molecule has 0 aromatic heterocycles. The van der Waals surface area contributed by atoms with Gasteiger partial charge in [0, 0.05) is 25.6 Å². The maximum Gasteiger partial charge on any atom is 0.229 e. The van der Waals surface area contributed by atoms with Gasteiger partial charge in [0.05, 0.1) is 11.6 Å². The zero-order valence-electron chi connectivity index (χ0n) is 13.8. The minimum atomic E-state index is -0.876. The number of anilines is 1. The summed E-state index contributed by atoms with van der Waals surface area (Å²) >= 11 is 0. The summed E-state index contributed by atoms with van der Waals surface area (Å²) in [6.45, 7) is 0.483. The van der Waals surface area contributed by atoms with Gasteiger partial charge < -0.3 is 10.2 Å². The molecular formula is C19H17F3N2O2. The van der Waals surface area contributed by atoms with Crippen LogP contribution in [0.4, 0.5) is 18.9 Å². The molecule has 3 rings (SSSR count). The van der Waals surface area contributed by atoms with Crippen LogP contribution in [0.5, 0.6) is 0 Å². The fourth-order valence-corrected chi connectivity index (χ4v) is 2.95. The van der Waals surface area contributed by atoms with Crippen LogP contribution in [0.25, 0.3) is 0 Å². The SMILES string of the molecule is O=C(Nc1ccc(F)cc1F)C1CC(=O)N(CCc2ccccc2F)C1. The monoisotopic (exact) mass is 362 g/mol. The minimum Gasteiger partial charge on any atom is -0.342 e. The molecule has 0 spiro atoms. The van der Waals surface area contributed by atoms with E-state index in [9.17, 15) is 22.8 Å². The predicted octanol–water partition coefficient (Wildman–Crippen LogP) is 3.13. The standard InChI is InChI=1S/C19H17F3N2O2/c20-14-5-6-17(16(22)10-14)23-19(26)13-9-18(25)24(11-13)8-7-12-3-1-2-4-15(12)21/h1-6,10,13H,7-9,11H2,(H,23,26). The van der Waals surface area contributed by atoms with Crippen LogP contribution in [-0.4, -0.2) is 29.8 Å². The smallest absolute Gasteiger partial charge is 0.229 e. The lowest BCUT2D eigenvalue weighted by Gasteiger charge is -2.17. The maximum atomic E-state index is 13.6. The van der Waals surface area contributed by atoms with Crippen molar-refractivity contribution in [1.82, 2.24) is 4.90 Å². The number of nitrogens with zero attached hydrogens (tertiary/aromatic N) is 1. The van der Waals surface area contributed by atoms with E-state index in [1.807, 2.05) is 0 Å². The van der Waals surface area contributed by atoms with Crippen molar-refractivity contribution in [2.24, 2.45) is 5.92 Å². The van der Waals surface area contributed by atoms with E-state index in [-0.39, 0.29) is 30.4 Å². The van der Waals surface area contributed by atoms with Crippen molar-refractivity contribution in [1.29, 1.82) is 0 Å². The van der Waals surface area contributed by atoms with Crippen molar-refractivity contribution in [2.75, 3.05) is 18.4 Å². The number of benzene rings is 2. The van der Waals surface area contributed by atoms with Gasteiger partial charge in [-0.2, -0.15) is 0 Å². The largest absolute Gasteiger partial charge is 0.342 e. The molecule has 1 aliphatic rings. The van der Waals surface area contributed by atoms with Gasteiger partial charge >= 0.3 is 0 Å². The van der Waals surface area contributed by atoms with E-state index in [1.54, 1.807) is 18.2 Å². The molecule has 26 heavy (non-hydrogen) atoms. The van der Waals surface area contributed by atoms with E-state index in [1.165, 1.54) is 11.0 Å². The van der Waals surface area contributed by atoms with E-state index in [4.69, 9.17) is 0 Å². The fraction of sp³-hybridized carbons (Fsp3) is 0.263. The van der Waals surface area contributed by atoms with Crippen molar-refractivity contribution in [3.63, 3.8) is 0 Å². The summed E-state index contributed by atoms with van der Waals surface area (Å²) in [5, 5.41) is 2.38. The summed E-state index contributed by atoms with van der Waals surface area (Å²) in [5.41, 5.74) is 0.371. The molecule has 0 aliphatic carbocycles. The molecule has 2 aromatic carbocycles. The number of hydrogen-bond acceptors (Lipinski definition) is 2. The Labute approximate surface area is 148 Å². The summed E-state index contributed by atoms with van der Waals surface area (Å²) in [5.74, 6) is -3.29. The molecular weight excluding hydrogens is 345 g/mol. The van der Waals surface area contributed by atoms with Crippen molar-refractivity contribution >= 4 is 17.5 Å². The molecule has 4 nitrogen and oxygen atoms in total. The van der Waals surface area contributed by atoms with E-state index >= 15 is 0 Å². The Morgan fingerprint density at radius 1 is 1.12 bits per heavy atom.